The predicted octanol–water partition coefficient (Wildman–Crippen LogP) is 3.71. The van der Waals surface area contributed by atoms with Gasteiger partial charge in [-0.1, -0.05) is 20.8 Å². The van der Waals surface area contributed by atoms with Crippen LogP contribution in [0.2, 0.25) is 0 Å². The number of aryl methyl sites for hydroxylation is 1. The van der Waals surface area contributed by atoms with Crippen LogP contribution in [0.5, 0.6) is 0 Å². The van der Waals surface area contributed by atoms with Crippen molar-refractivity contribution < 1.29 is 4.42 Å². The standard InChI is InChI=1S/C17H30N2O/c1-5-8-19(11-15-6-7-15)12-16-9-14(4)17(20-16)10-18-13(2)3/h9,13,15,18H,5-8,10-12H2,1-4H3. The van der Waals surface area contributed by atoms with Gasteiger partial charge in [0.1, 0.15) is 11.5 Å². The Labute approximate surface area is 123 Å². The molecule has 1 aromatic heterocycles. The molecule has 2 rings (SSSR count). The van der Waals surface area contributed by atoms with Crippen LogP contribution < -0.4 is 5.32 Å². The Morgan fingerprint density at radius 1 is 1.40 bits per heavy atom. The third-order valence-electron chi connectivity index (χ3n) is 3.88. The Hall–Kier alpha value is -0.800. The van der Waals surface area contributed by atoms with E-state index in [2.05, 4.69) is 44.0 Å². The fourth-order valence-electron chi connectivity index (χ4n) is 2.58. The molecule has 0 amide bonds. The smallest absolute Gasteiger partial charge is 0.120 e. The maximum absolute atomic E-state index is 6.04. The predicted molar refractivity (Wildman–Crippen MR) is 83.7 cm³/mol. The Bertz CT molecular complexity index is 407. The minimum absolute atomic E-state index is 0.495. The number of rotatable bonds is 9. The number of nitrogens with one attached hydrogen (secondary N) is 1. The Morgan fingerprint density at radius 2 is 2.15 bits per heavy atom. The van der Waals surface area contributed by atoms with Crippen molar-refractivity contribution in [2.24, 2.45) is 5.92 Å². The van der Waals surface area contributed by atoms with E-state index in [1.807, 2.05) is 0 Å². The van der Waals surface area contributed by atoms with Gasteiger partial charge in [-0.15, -0.1) is 0 Å². The fraction of sp³-hybridized carbons (Fsp3) is 0.765. The summed E-state index contributed by atoms with van der Waals surface area (Å²) in [5, 5.41) is 3.43. The van der Waals surface area contributed by atoms with Crippen LogP contribution in [0.25, 0.3) is 0 Å². The fourth-order valence-corrected chi connectivity index (χ4v) is 2.58. The first kappa shape index (κ1) is 15.6. The normalized spacial score (nSPS) is 15.5. The van der Waals surface area contributed by atoms with Crippen molar-refractivity contribution in [3.8, 4) is 0 Å². The van der Waals surface area contributed by atoms with Crippen LogP contribution in [-0.2, 0) is 13.1 Å². The lowest BCUT2D eigenvalue weighted by molar-refractivity contribution is 0.232. The highest BCUT2D eigenvalue weighted by Gasteiger charge is 2.24. The molecule has 0 unspecified atom stereocenters. The van der Waals surface area contributed by atoms with Crippen LogP contribution in [0.3, 0.4) is 0 Å². The van der Waals surface area contributed by atoms with Gasteiger partial charge in [0.25, 0.3) is 0 Å². The molecule has 1 aliphatic carbocycles. The lowest BCUT2D eigenvalue weighted by Gasteiger charge is -2.20. The quantitative estimate of drug-likeness (QED) is 0.746. The molecule has 0 atom stereocenters. The van der Waals surface area contributed by atoms with E-state index in [0.29, 0.717) is 6.04 Å². The Morgan fingerprint density at radius 3 is 2.75 bits per heavy atom. The van der Waals surface area contributed by atoms with E-state index in [-0.39, 0.29) is 0 Å². The van der Waals surface area contributed by atoms with Crippen molar-refractivity contribution in [2.75, 3.05) is 13.1 Å². The Kier molecular flexibility index (Phi) is 5.67. The first-order valence-corrected chi connectivity index (χ1v) is 8.12. The van der Waals surface area contributed by atoms with Crippen molar-refractivity contribution in [1.29, 1.82) is 0 Å². The molecule has 0 aliphatic heterocycles. The van der Waals surface area contributed by atoms with Gasteiger partial charge < -0.3 is 9.73 Å². The summed E-state index contributed by atoms with van der Waals surface area (Å²) in [7, 11) is 0. The molecule has 1 aliphatic rings. The molecule has 1 heterocycles. The highest BCUT2D eigenvalue weighted by Crippen LogP contribution is 2.30. The average molecular weight is 278 g/mol. The van der Waals surface area contributed by atoms with Crippen molar-refractivity contribution in [2.45, 2.75) is 66.1 Å². The Balaban J connectivity index is 1.91. The van der Waals surface area contributed by atoms with Crippen molar-refractivity contribution in [1.82, 2.24) is 10.2 Å². The zero-order valence-electron chi connectivity index (χ0n) is 13.5. The summed E-state index contributed by atoms with van der Waals surface area (Å²) in [5.41, 5.74) is 1.27. The molecule has 1 saturated carbocycles. The number of furan rings is 1. The topological polar surface area (TPSA) is 28.4 Å². The first-order valence-electron chi connectivity index (χ1n) is 8.12. The second-order valence-corrected chi connectivity index (χ2v) is 6.53. The molecule has 1 N–H and O–H groups in total. The molecule has 20 heavy (non-hydrogen) atoms. The minimum Gasteiger partial charge on any atom is -0.463 e. The van der Waals surface area contributed by atoms with E-state index < -0.39 is 0 Å². The van der Waals surface area contributed by atoms with Gasteiger partial charge in [-0.25, -0.2) is 0 Å². The summed E-state index contributed by atoms with van der Waals surface area (Å²) in [5.74, 6) is 3.16. The summed E-state index contributed by atoms with van der Waals surface area (Å²) in [6, 6.07) is 2.71. The second kappa shape index (κ2) is 7.28. The molecular weight excluding hydrogens is 248 g/mol. The van der Waals surface area contributed by atoms with Crippen molar-refractivity contribution in [3.05, 3.63) is 23.2 Å². The zero-order valence-corrected chi connectivity index (χ0v) is 13.5. The van der Waals surface area contributed by atoms with Crippen LogP contribution in [0.4, 0.5) is 0 Å². The second-order valence-electron chi connectivity index (χ2n) is 6.53. The van der Waals surface area contributed by atoms with E-state index in [0.717, 1.165) is 30.5 Å². The minimum atomic E-state index is 0.495. The highest BCUT2D eigenvalue weighted by molar-refractivity contribution is 5.20. The van der Waals surface area contributed by atoms with Gasteiger partial charge in [0.05, 0.1) is 13.1 Å². The average Bonchev–Trinajstić information content (AvgIpc) is 3.11. The van der Waals surface area contributed by atoms with Crippen molar-refractivity contribution in [3.63, 3.8) is 0 Å². The molecule has 0 saturated heterocycles. The monoisotopic (exact) mass is 278 g/mol. The van der Waals surface area contributed by atoms with Gasteiger partial charge >= 0.3 is 0 Å². The lowest BCUT2D eigenvalue weighted by atomic mass is 10.2. The molecule has 0 aromatic carbocycles. The number of nitrogens with zero attached hydrogens (tertiary/aromatic N) is 1. The van der Waals surface area contributed by atoms with E-state index >= 15 is 0 Å². The number of hydrogen-bond donors (Lipinski definition) is 1. The van der Waals surface area contributed by atoms with Crippen LogP contribution in [-0.4, -0.2) is 24.0 Å². The first-order chi connectivity index (χ1) is 9.58. The van der Waals surface area contributed by atoms with Gasteiger partial charge in [0.2, 0.25) is 0 Å². The third-order valence-corrected chi connectivity index (χ3v) is 3.88. The van der Waals surface area contributed by atoms with E-state index in [4.69, 9.17) is 4.42 Å². The van der Waals surface area contributed by atoms with Gasteiger partial charge in [0.15, 0.2) is 0 Å². The molecule has 1 fully saturated rings. The van der Waals surface area contributed by atoms with Crippen LogP contribution in [0.1, 0.15) is 57.1 Å². The molecule has 3 nitrogen and oxygen atoms in total. The lowest BCUT2D eigenvalue weighted by Crippen LogP contribution is -2.26. The summed E-state index contributed by atoms with van der Waals surface area (Å²) in [6.45, 7) is 13.0. The number of hydrogen-bond acceptors (Lipinski definition) is 3. The maximum atomic E-state index is 6.04. The van der Waals surface area contributed by atoms with Crippen LogP contribution >= 0.6 is 0 Å². The van der Waals surface area contributed by atoms with Crippen LogP contribution in [0.15, 0.2) is 10.5 Å². The summed E-state index contributed by atoms with van der Waals surface area (Å²) in [4.78, 5) is 2.55. The molecule has 0 radical (unpaired) electrons. The summed E-state index contributed by atoms with van der Waals surface area (Å²) < 4.78 is 6.04. The van der Waals surface area contributed by atoms with E-state index in [1.165, 1.54) is 37.9 Å². The molecule has 0 bridgehead atoms. The maximum Gasteiger partial charge on any atom is 0.120 e. The third kappa shape index (κ3) is 4.95. The van der Waals surface area contributed by atoms with E-state index in [9.17, 15) is 0 Å². The van der Waals surface area contributed by atoms with Gasteiger partial charge in [-0.3, -0.25) is 4.90 Å². The summed E-state index contributed by atoms with van der Waals surface area (Å²) >= 11 is 0. The van der Waals surface area contributed by atoms with Crippen molar-refractivity contribution >= 4 is 0 Å². The van der Waals surface area contributed by atoms with Gasteiger partial charge in [0, 0.05) is 12.6 Å². The van der Waals surface area contributed by atoms with E-state index in [1.54, 1.807) is 0 Å². The summed E-state index contributed by atoms with van der Waals surface area (Å²) in [6.07, 6.45) is 4.05. The van der Waals surface area contributed by atoms with Gasteiger partial charge in [-0.2, -0.15) is 0 Å². The van der Waals surface area contributed by atoms with Crippen LogP contribution in [0, 0.1) is 12.8 Å². The zero-order chi connectivity index (χ0) is 14.5. The highest BCUT2D eigenvalue weighted by atomic mass is 16.3. The molecule has 114 valence electrons. The van der Waals surface area contributed by atoms with Gasteiger partial charge in [-0.05, 0) is 50.3 Å². The molecular formula is C17H30N2O. The molecule has 3 heteroatoms. The molecule has 1 aromatic rings. The SMILES string of the molecule is CCCN(Cc1cc(C)c(CNC(C)C)o1)CC1CC1. The largest absolute Gasteiger partial charge is 0.463 e. The molecule has 0 spiro atoms.